The van der Waals surface area contributed by atoms with E-state index in [1.165, 1.54) is 0 Å². The Bertz CT molecular complexity index is 356. The maximum absolute atomic E-state index is 9.66. The molecule has 17 heavy (non-hydrogen) atoms. The van der Waals surface area contributed by atoms with Gasteiger partial charge in [0.05, 0.1) is 26.9 Å². The number of aliphatic hydroxyl groups excluding tert-OH is 1. The van der Waals surface area contributed by atoms with Crippen molar-refractivity contribution >= 4 is 0 Å². The SMILES string of the molecule is COc1ccc(C(C)(CO)CC2COC2)cc1. The van der Waals surface area contributed by atoms with Crippen LogP contribution in [0.1, 0.15) is 18.9 Å². The van der Waals surface area contributed by atoms with E-state index in [0.717, 1.165) is 30.9 Å². The van der Waals surface area contributed by atoms with E-state index >= 15 is 0 Å². The highest BCUT2D eigenvalue weighted by Crippen LogP contribution is 2.34. The lowest BCUT2D eigenvalue weighted by atomic mass is 9.75. The number of benzene rings is 1. The third kappa shape index (κ3) is 2.61. The van der Waals surface area contributed by atoms with Crippen molar-refractivity contribution in [3.63, 3.8) is 0 Å². The van der Waals surface area contributed by atoms with Gasteiger partial charge in [-0.1, -0.05) is 19.1 Å². The molecule has 0 aromatic heterocycles. The van der Waals surface area contributed by atoms with Gasteiger partial charge in [0.25, 0.3) is 0 Å². The van der Waals surface area contributed by atoms with Crippen LogP contribution in [0.5, 0.6) is 5.75 Å². The molecule has 0 spiro atoms. The van der Waals surface area contributed by atoms with Crippen LogP contribution in [0, 0.1) is 5.92 Å². The first-order valence-corrected chi connectivity index (χ1v) is 6.01. The average molecular weight is 236 g/mol. The first kappa shape index (κ1) is 12.4. The standard InChI is InChI=1S/C14H20O3/c1-14(10-15,7-11-8-17-9-11)12-3-5-13(16-2)6-4-12/h3-6,11,15H,7-10H2,1-2H3. The fourth-order valence-electron chi connectivity index (χ4n) is 2.31. The second-order valence-corrected chi connectivity index (χ2v) is 5.05. The molecule has 0 radical (unpaired) electrons. The molecule has 1 aliphatic rings. The molecule has 0 saturated carbocycles. The van der Waals surface area contributed by atoms with E-state index in [4.69, 9.17) is 9.47 Å². The average Bonchev–Trinajstić information content (AvgIpc) is 2.34. The molecule has 1 heterocycles. The van der Waals surface area contributed by atoms with E-state index in [-0.39, 0.29) is 12.0 Å². The van der Waals surface area contributed by atoms with E-state index in [2.05, 4.69) is 6.92 Å². The second kappa shape index (κ2) is 5.07. The molecule has 3 nitrogen and oxygen atoms in total. The molecular formula is C14H20O3. The summed E-state index contributed by atoms with van der Waals surface area (Å²) in [7, 11) is 1.66. The fourth-order valence-corrected chi connectivity index (χ4v) is 2.31. The summed E-state index contributed by atoms with van der Waals surface area (Å²) < 4.78 is 10.3. The molecule has 1 unspecified atom stereocenters. The van der Waals surface area contributed by atoms with Crippen molar-refractivity contribution in [3.05, 3.63) is 29.8 Å². The Balaban J connectivity index is 2.13. The first-order valence-electron chi connectivity index (χ1n) is 6.01. The summed E-state index contributed by atoms with van der Waals surface area (Å²) in [6, 6.07) is 7.96. The van der Waals surface area contributed by atoms with Crippen LogP contribution < -0.4 is 4.74 Å². The molecule has 2 rings (SSSR count). The van der Waals surface area contributed by atoms with E-state index in [1.807, 2.05) is 24.3 Å². The van der Waals surface area contributed by atoms with Gasteiger partial charge in [-0.05, 0) is 24.1 Å². The van der Waals surface area contributed by atoms with Gasteiger partial charge in [-0.3, -0.25) is 0 Å². The molecule has 0 bridgehead atoms. The van der Waals surface area contributed by atoms with Gasteiger partial charge >= 0.3 is 0 Å². The zero-order valence-corrected chi connectivity index (χ0v) is 10.5. The molecule has 3 heteroatoms. The Morgan fingerprint density at radius 3 is 2.41 bits per heavy atom. The van der Waals surface area contributed by atoms with Crippen molar-refractivity contribution in [1.82, 2.24) is 0 Å². The van der Waals surface area contributed by atoms with Crippen molar-refractivity contribution in [2.45, 2.75) is 18.8 Å². The van der Waals surface area contributed by atoms with E-state index < -0.39 is 0 Å². The highest BCUT2D eigenvalue weighted by atomic mass is 16.5. The number of ether oxygens (including phenoxy) is 2. The Kier molecular flexibility index (Phi) is 3.69. The van der Waals surface area contributed by atoms with Crippen molar-refractivity contribution in [2.24, 2.45) is 5.92 Å². The molecule has 1 fully saturated rings. The van der Waals surface area contributed by atoms with Crippen LogP contribution >= 0.6 is 0 Å². The van der Waals surface area contributed by atoms with Crippen LogP contribution in [0.3, 0.4) is 0 Å². The number of aliphatic hydroxyl groups is 1. The molecule has 0 aliphatic carbocycles. The largest absolute Gasteiger partial charge is 0.497 e. The Labute approximate surface area is 102 Å². The first-order chi connectivity index (χ1) is 8.18. The van der Waals surface area contributed by atoms with Crippen molar-refractivity contribution < 1.29 is 14.6 Å². The molecule has 1 saturated heterocycles. The van der Waals surface area contributed by atoms with Crippen LogP contribution in [0.15, 0.2) is 24.3 Å². The molecule has 1 aromatic rings. The predicted molar refractivity (Wildman–Crippen MR) is 66.4 cm³/mol. The molecule has 1 N–H and O–H groups in total. The van der Waals surface area contributed by atoms with Crippen LogP contribution in [0.25, 0.3) is 0 Å². The zero-order chi connectivity index (χ0) is 12.3. The molecule has 1 aromatic carbocycles. The predicted octanol–water partition coefficient (Wildman–Crippen LogP) is 1.98. The normalized spacial score (nSPS) is 19.5. The van der Waals surface area contributed by atoms with Crippen LogP contribution in [-0.2, 0) is 10.2 Å². The molecule has 94 valence electrons. The Morgan fingerprint density at radius 2 is 2.00 bits per heavy atom. The molecule has 1 atom stereocenters. The third-order valence-corrected chi connectivity index (χ3v) is 3.58. The summed E-state index contributed by atoms with van der Waals surface area (Å²) in [6.45, 7) is 3.92. The lowest BCUT2D eigenvalue weighted by Crippen LogP contribution is -2.37. The van der Waals surface area contributed by atoms with Gasteiger partial charge in [0, 0.05) is 11.3 Å². The molecule has 1 aliphatic heterocycles. The van der Waals surface area contributed by atoms with Crippen LogP contribution in [0.2, 0.25) is 0 Å². The lowest BCUT2D eigenvalue weighted by molar-refractivity contribution is -0.0485. The zero-order valence-electron chi connectivity index (χ0n) is 10.5. The minimum Gasteiger partial charge on any atom is -0.497 e. The molecule has 0 amide bonds. The van der Waals surface area contributed by atoms with Gasteiger partial charge in [-0.15, -0.1) is 0 Å². The summed E-state index contributed by atoms with van der Waals surface area (Å²) >= 11 is 0. The van der Waals surface area contributed by atoms with E-state index in [1.54, 1.807) is 7.11 Å². The number of hydrogen-bond donors (Lipinski definition) is 1. The number of hydrogen-bond acceptors (Lipinski definition) is 3. The molecular weight excluding hydrogens is 216 g/mol. The number of methoxy groups -OCH3 is 1. The van der Waals surface area contributed by atoms with E-state index in [0.29, 0.717) is 5.92 Å². The summed E-state index contributed by atoms with van der Waals surface area (Å²) in [4.78, 5) is 0. The lowest BCUT2D eigenvalue weighted by Gasteiger charge is -2.36. The Morgan fingerprint density at radius 1 is 1.35 bits per heavy atom. The Hall–Kier alpha value is -1.06. The highest BCUT2D eigenvalue weighted by molar-refractivity contribution is 5.32. The third-order valence-electron chi connectivity index (χ3n) is 3.58. The maximum atomic E-state index is 9.66. The monoisotopic (exact) mass is 236 g/mol. The van der Waals surface area contributed by atoms with Gasteiger partial charge < -0.3 is 14.6 Å². The summed E-state index contributed by atoms with van der Waals surface area (Å²) in [5.74, 6) is 1.43. The fraction of sp³-hybridized carbons (Fsp3) is 0.571. The van der Waals surface area contributed by atoms with Crippen LogP contribution in [-0.4, -0.2) is 32.0 Å². The van der Waals surface area contributed by atoms with E-state index in [9.17, 15) is 5.11 Å². The quantitative estimate of drug-likeness (QED) is 0.849. The maximum Gasteiger partial charge on any atom is 0.118 e. The van der Waals surface area contributed by atoms with Gasteiger partial charge in [0.1, 0.15) is 5.75 Å². The topological polar surface area (TPSA) is 38.7 Å². The van der Waals surface area contributed by atoms with Gasteiger partial charge in [-0.2, -0.15) is 0 Å². The van der Waals surface area contributed by atoms with Gasteiger partial charge in [0.15, 0.2) is 0 Å². The minimum atomic E-state index is -0.180. The summed E-state index contributed by atoms with van der Waals surface area (Å²) in [6.07, 6.45) is 0.968. The smallest absolute Gasteiger partial charge is 0.118 e. The summed E-state index contributed by atoms with van der Waals surface area (Å²) in [5.41, 5.74) is 0.980. The van der Waals surface area contributed by atoms with Crippen molar-refractivity contribution in [3.8, 4) is 5.75 Å². The van der Waals surface area contributed by atoms with Crippen molar-refractivity contribution in [2.75, 3.05) is 26.9 Å². The highest BCUT2D eigenvalue weighted by Gasteiger charge is 2.32. The summed E-state index contributed by atoms with van der Waals surface area (Å²) in [5, 5.41) is 9.66. The second-order valence-electron chi connectivity index (χ2n) is 5.05. The minimum absolute atomic E-state index is 0.163. The number of rotatable bonds is 5. The van der Waals surface area contributed by atoms with Gasteiger partial charge in [0.2, 0.25) is 0 Å². The van der Waals surface area contributed by atoms with Crippen LogP contribution in [0.4, 0.5) is 0 Å². The van der Waals surface area contributed by atoms with Gasteiger partial charge in [-0.25, -0.2) is 0 Å². The van der Waals surface area contributed by atoms with Crippen molar-refractivity contribution in [1.29, 1.82) is 0 Å².